The summed E-state index contributed by atoms with van der Waals surface area (Å²) in [6.45, 7) is 0.139. The van der Waals surface area contributed by atoms with E-state index in [9.17, 15) is 21.6 Å². The number of carbonyl (C=O) groups is 1. The molecule has 1 amide bonds. The third kappa shape index (κ3) is 5.05. The van der Waals surface area contributed by atoms with Crippen molar-refractivity contribution in [3.05, 3.63) is 78.9 Å². The van der Waals surface area contributed by atoms with Crippen molar-refractivity contribution in [2.75, 3.05) is 38.2 Å². The number of hydrogen-bond acceptors (Lipinski definition) is 7. The summed E-state index contributed by atoms with van der Waals surface area (Å²) < 4.78 is 66.9. The van der Waals surface area contributed by atoms with Gasteiger partial charge < -0.3 is 14.8 Å². The van der Waals surface area contributed by atoms with Gasteiger partial charge in [-0.3, -0.25) is 4.79 Å². The molecule has 37 heavy (non-hydrogen) atoms. The van der Waals surface area contributed by atoms with E-state index in [1.165, 1.54) is 24.3 Å². The van der Waals surface area contributed by atoms with Crippen molar-refractivity contribution in [1.29, 1.82) is 0 Å². The highest BCUT2D eigenvalue weighted by Crippen LogP contribution is 2.33. The van der Waals surface area contributed by atoms with Crippen molar-refractivity contribution in [2.45, 2.75) is 15.8 Å². The third-order valence-electron chi connectivity index (χ3n) is 6.14. The topological polar surface area (TPSA) is 122 Å². The minimum atomic E-state index is -4.09. The molecule has 0 aromatic heterocycles. The molecular formula is C25H25N3O7S2. The molecule has 0 spiro atoms. The fourth-order valence-corrected chi connectivity index (χ4v) is 7.33. The smallest absolute Gasteiger partial charge is 0.244 e. The standard InChI is InChI=1S/C25H25N3O7S2/c29-25(26-19-11-12-23-24(17-19)35-16-15-34-23)22-18-27(36(30,31)20-7-3-1-4-8-20)13-14-28(22)37(32,33)21-9-5-2-6-10-21/h1-12,17,22H,13-16,18H2,(H,26,29)/t22-/m1/s1. The number of sulfonamides is 2. The highest BCUT2D eigenvalue weighted by Gasteiger charge is 2.43. The van der Waals surface area contributed by atoms with Gasteiger partial charge in [0.05, 0.1) is 9.79 Å². The van der Waals surface area contributed by atoms with Crippen molar-refractivity contribution in [3.8, 4) is 11.5 Å². The first-order chi connectivity index (χ1) is 17.8. The van der Waals surface area contributed by atoms with Crippen LogP contribution in [0.5, 0.6) is 11.5 Å². The second-order valence-electron chi connectivity index (χ2n) is 8.47. The van der Waals surface area contributed by atoms with Gasteiger partial charge >= 0.3 is 0 Å². The third-order valence-corrected chi connectivity index (χ3v) is 9.94. The lowest BCUT2D eigenvalue weighted by atomic mass is 10.2. The molecule has 1 atom stereocenters. The maximum absolute atomic E-state index is 13.5. The van der Waals surface area contributed by atoms with E-state index in [1.807, 2.05) is 0 Å². The van der Waals surface area contributed by atoms with Crippen LogP contribution in [-0.2, 0) is 24.8 Å². The maximum atomic E-state index is 13.5. The van der Waals surface area contributed by atoms with E-state index in [2.05, 4.69) is 5.32 Å². The van der Waals surface area contributed by atoms with E-state index in [0.29, 0.717) is 30.4 Å². The van der Waals surface area contributed by atoms with Gasteiger partial charge in [-0.15, -0.1) is 0 Å². The Bertz CT molecular complexity index is 1500. The van der Waals surface area contributed by atoms with Crippen molar-refractivity contribution >= 4 is 31.6 Å². The lowest BCUT2D eigenvalue weighted by Crippen LogP contribution is -2.60. The largest absolute Gasteiger partial charge is 0.486 e. The molecule has 12 heteroatoms. The number of carbonyl (C=O) groups excluding carboxylic acids is 1. The van der Waals surface area contributed by atoms with Gasteiger partial charge in [0.25, 0.3) is 0 Å². The molecule has 1 fully saturated rings. The molecule has 2 aliphatic heterocycles. The van der Waals surface area contributed by atoms with Gasteiger partial charge in [0.15, 0.2) is 11.5 Å². The van der Waals surface area contributed by atoms with Crippen molar-refractivity contribution < 1.29 is 31.1 Å². The summed E-state index contributed by atoms with van der Waals surface area (Å²) in [7, 11) is -8.04. The molecule has 194 valence electrons. The average Bonchev–Trinajstić information content (AvgIpc) is 2.93. The van der Waals surface area contributed by atoms with Crippen LogP contribution in [0, 0.1) is 0 Å². The second-order valence-corrected chi connectivity index (χ2v) is 12.3. The first-order valence-electron chi connectivity index (χ1n) is 11.6. The van der Waals surface area contributed by atoms with Gasteiger partial charge in [0, 0.05) is 31.4 Å². The molecule has 1 N–H and O–H groups in total. The maximum Gasteiger partial charge on any atom is 0.244 e. The van der Waals surface area contributed by atoms with E-state index in [-0.39, 0.29) is 29.4 Å². The van der Waals surface area contributed by atoms with Crippen LogP contribution in [0.25, 0.3) is 0 Å². The Morgan fingerprint density at radius 2 is 1.35 bits per heavy atom. The lowest BCUT2D eigenvalue weighted by Gasteiger charge is -2.39. The quantitative estimate of drug-likeness (QED) is 0.506. The molecule has 0 radical (unpaired) electrons. The number of rotatable bonds is 6. The molecule has 2 aliphatic rings. The van der Waals surface area contributed by atoms with Crippen LogP contribution in [0.15, 0.2) is 88.7 Å². The van der Waals surface area contributed by atoms with Gasteiger partial charge in [-0.1, -0.05) is 36.4 Å². The summed E-state index contributed by atoms with van der Waals surface area (Å²) in [6, 6.07) is 19.1. The van der Waals surface area contributed by atoms with Gasteiger partial charge in [0.2, 0.25) is 26.0 Å². The molecule has 5 rings (SSSR count). The highest BCUT2D eigenvalue weighted by molar-refractivity contribution is 7.89. The number of benzene rings is 3. The fraction of sp³-hybridized carbons (Fsp3) is 0.240. The number of amides is 1. The molecule has 3 aromatic carbocycles. The molecule has 2 heterocycles. The number of hydrogen-bond donors (Lipinski definition) is 1. The molecule has 10 nitrogen and oxygen atoms in total. The monoisotopic (exact) mass is 543 g/mol. The number of piperazine rings is 1. The van der Waals surface area contributed by atoms with Crippen molar-refractivity contribution in [1.82, 2.24) is 8.61 Å². The van der Waals surface area contributed by atoms with Crippen LogP contribution in [0.3, 0.4) is 0 Å². The lowest BCUT2D eigenvalue weighted by molar-refractivity contribution is -0.120. The second kappa shape index (κ2) is 10.1. The van der Waals surface area contributed by atoms with Crippen LogP contribution < -0.4 is 14.8 Å². The van der Waals surface area contributed by atoms with E-state index in [1.54, 1.807) is 54.6 Å². The number of fused-ring (bicyclic) bond motifs is 1. The van der Waals surface area contributed by atoms with Crippen molar-refractivity contribution in [2.24, 2.45) is 0 Å². The predicted octanol–water partition coefficient (Wildman–Crippen LogP) is 2.16. The number of ether oxygens (including phenoxy) is 2. The first kappa shape index (κ1) is 25.2. The van der Waals surface area contributed by atoms with Gasteiger partial charge in [-0.2, -0.15) is 8.61 Å². The van der Waals surface area contributed by atoms with Crippen LogP contribution in [0.2, 0.25) is 0 Å². The molecule has 0 saturated carbocycles. The molecule has 0 unspecified atom stereocenters. The van der Waals surface area contributed by atoms with E-state index < -0.39 is 32.0 Å². The number of nitrogens with one attached hydrogen (secondary N) is 1. The molecule has 0 aliphatic carbocycles. The Labute approximate surface area is 215 Å². The Hall–Kier alpha value is -3.45. The SMILES string of the molecule is O=C(Nc1ccc2c(c1)OCCO2)[C@H]1CN(S(=O)(=O)c2ccccc2)CCN1S(=O)(=O)c1ccccc1. The van der Waals surface area contributed by atoms with Crippen LogP contribution in [0.1, 0.15) is 0 Å². The first-order valence-corrected chi connectivity index (χ1v) is 14.5. The minimum absolute atomic E-state index is 0.0199. The summed E-state index contributed by atoms with van der Waals surface area (Å²) in [6.07, 6.45) is 0. The predicted molar refractivity (Wildman–Crippen MR) is 135 cm³/mol. The van der Waals surface area contributed by atoms with E-state index in [4.69, 9.17) is 9.47 Å². The summed E-state index contributed by atoms with van der Waals surface area (Å²) in [4.78, 5) is 13.6. The van der Waals surface area contributed by atoms with E-state index >= 15 is 0 Å². The summed E-state index contributed by atoms with van der Waals surface area (Å²) in [5.74, 6) is 0.328. The Kier molecular flexibility index (Phi) is 6.90. The zero-order valence-electron chi connectivity index (χ0n) is 19.7. The van der Waals surface area contributed by atoms with Gasteiger partial charge in [-0.05, 0) is 36.4 Å². The van der Waals surface area contributed by atoms with Crippen molar-refractivity contribution in [3.63, 3.8) is 0 Å². The van der Waals surface area contributed by atoms with E-state index in [0.717, 1.165) is 8.61 Å². The summed E-state index contributed by atoms with van der Waals surface area (Å²) in [5.41, 5.74) is 0.370. The summed E-state index contributed by atoms with van der Waals surface area (Å²) >= 11 is 0. The van der Waals surface area contributed by atoms with Gasteiger partial charge in [-0.25, -0.2) is 16.8 Å². The van der Waals surface area contributed by atoms with Crippen LogP contribution in [-0.4, -0.2) is 70.2 Å². The van der Waals surface area contributed by atoms with Crippen LogP contribution in [0.4, 0.5) is 5.69 Å². The Balaban J connectivity index is 1.47. The molecule has 1 saturated heterocycles. The fourth-order valence-electron chi connectivity index (χ4n) is 4.28. The average molecular weight is 544 g/mol. The molecule has 0 bridgehead atoms. The van der Waals surface area contributed by atoms with Crippen LogP contribution >= 0.6 is 0 Å². The molecule has 3 aromatic rings. The Morgan fingerprint density at radius 1 is 0.757 bits per heavy atom. The highest BCUT2D eigenvalue weighted by atomic mass is 32.2. The number of nitrogens with zero attached hydrogens (tertiary/aromatic N) is 2. The molecular weight excluding hydrogens is 518 g/mol. The minimum Gasteiger partial charge on any atom is -0.486 e. The normalized spacial score (nSPS) is 18.8. The zero-order valence-corrected chi connectivity index (χ0v) is 21.3. The van der Waals surface area contributed by atoms with Gasteiger partial charge in [0.1, 0.15) is 19.3 Å². The number of anilines is 1. The summed E-state index contributed by atoms with van der Waals surface area (Å²) in [5, 5.41) is 2.72. The Morgan fingerprint density at radius 3 is 2.00 bits per heavy atom. The zero-order chi connectivity index (χ0) is 26.0.